The highest BCUT2D eigenvalue weighted by Gasteiger charge is 2.38. The van der Waals surface area contributed by atoms with Crippen LogP contribution in [0.2, 0.25) is 0 Å². The minimum atomic E-state index is -4.64. The van der Waals surface area contributed by atoms with E-state index in [0.29, 0.717) is 0 Å². The van der Waals surface area contributed by atoms with E-state index in [1.807, 2.05) is 0 Å². The molecule has 0 heterocycles. The van der Waals surface area contributed by atoms with Crippen LogP contribution >= 0.6 is 30.4 Å². The summed E-state index contributed by atoms with van der Waals surface area (Å²) < 4.78 is 40.1. The standard InChI is InChI=1S/C2H8O6P2.CH6O6P2/c1-2(9(3,4)5)10(6,7)8;2-8(3,4)1-9(5,6)7/h2H,1H3,(H2,3,4,5)(H2,6,7,8);1H2,(H2,2,3,4)(H2,5,6,7). The Hall–Kier alpha value is 0.600. The Kier molecular flexibility index (Phi) is 8.12. The van der Waals surface area contributed by atoms with Gasteiger partial charge in [-0.25, -0.2) is 0 Å². The van der Waals surface area contributed by atoms with Crippen LogP contribution in [0.1, 0.15) is 6.92 Å². The zero-order valence-electron chi connectivity index (χ0n) is 9.28. The molecule has 19 heavy (non-hydrogen) atoms. The van der Waals surface area contributed by atoms with E-state index < -0.39 is 41.7 Å². The smallest absolute Gasteiger partial charge is 0.324 e. The molecule has 0 aliphatic heterocycles. The topological polar surface area (TPSA) is 230 Å². The van der Waals surface area contributed by atoms with Crippen molar-refractivity contribution in [2.75, 3.05) is 5.90 Å². The highest BCUT2D eigenvalue weighted by Crippen LogP contribution is 2.59. The Labute approximate surface area is 107 Å². The third-order valence-corrected chi connectivity index (χ3v) is 8.04. The van der Waals surface area contributed by atoms with Gasteiger partial charge in [0.25, 0.3) is 0 Å². The van der Waals surface area contributed by atoms with E-state index in [1.54, 1.807) is 0 Å². The molecule has 0 unspecified atom stereocenters. The average molecular weight is 366 g/mol. The Morgan fingerprint density at radius 3 is 0.895 bits per heavy atom. The lowest BCUT2D eigenvalue weighted by Crippen LogP contribution is -2.02. The van der Waals surface area contributed by atoms with Gasteiger partial charge in [-0.1, -0.05) is 0 Å². The van der Waals surface area contributed by atoms with Crippen molar-refractivity contribution in [1.82, 2.24) is 0 Å². The molecule has 0 aromatic heterocycles. The number of rotatable bonds is 4. The number of hydrogen-bond acceptors (Lipinski definition) is 4. The third kappa shape index (κ3) is 14.8. The van der Waals surface area contributed by atoms with Gasteiger partial charge in [0.1, 0.15) is 0 Å². The van der Waals surface area contributed by atoms with Crippen LogP contribution in [0.25, 0.3) is 0 Å². The zero-order valence-corrected chi connectivity index (χ0v) is 12.9. The van der Waals surface area contributed by atoms with Crippen LogP contribution in [-0.2, 0) is 18.3 Å². The summed E-state index contributed by atoms with van der Waals surface area (Å²) in [7, 11) is -18.4. The van der Waals surface area contributed by atoms with Crippen molar-refractivity contribution in [1.29, 1.82) is 0 Å². The minimum Gasteiger partial charge on any atom is -0.324 e. The van der Waals surface area contributed by atoms with E-state index in [9.17, 15) is 18.3 Å². The molecular weight excluding hydrogens is 352 g/mol. The normalized spacial score (nSPS) is 14.0. The lowest BCUT2D eigenvalue weighted by molar-refractivity contribution is 0.341. The van der Waals surface area contributed by atoms with E-state index in [-0.39, 0.29) is 0 Å². The van der Waals surface area contributed by atoms with E-state index in [2.05, 4.69) is 0 Å². The van der Waals surface area contributed by atoms with Gasteiger partial charge in [-0.05, 0) is 6.92 Å². The van der Waals surface area contributed by atoms with Crippen LogP contribution in [0.15, 0.2) is 0 Å². The predicted molar refractivity (Wildman–Crippen MR) is 62.5 cm³/mol. The molecule has 118 valence electrons. The van der Waals surface area contributed by atoms with Gasteiger partial charge in [0.15, 0.2) is 11.3 Å². The van der Waals surface area contributed by atoms with Gasteiger partial charge in [0, 0.05) is 0 Å². The first-order valence-electron chi connectivity index (χ1n) is 4.06. The molecule has 0 aromatic carbocycles. The molecule has 0 aliphatic carbocycles. The summed E-state index contributed by atoms with van der Waals surface area (Å²) >= 11 is 0. The molecule has 0 aliphatic rings. The molecular formula is C3H14O12P4. The second kappa shape index (κ2) is 7.04. The van der Waals surface area contributed by atoms with Crippen LogP contribution in [0.3, 0.4) is 0 Å². The fourth-order valence-electron chi connectivity index (χ4n) is 0.436. The zero-order chi connectivity index (χ0) is 16.3. The molecule has 0 spiro atoms. The van der Waals surface area contributed by atoms with Crippen LogP contribution in [-0.4, -0.2) is 50.5 Å². The highest BCUT2D eigenvalue weighted by molar-refractivity contribution is 7.70. The van der Waals surface area contributed by atoms with Crippen molar-refractivity contribution >= 4 is 30.4 Å². The monoisotopic (exact) mass is 366 g/mol. The van der Waals surface area contributed by atoms with Gasteiger partial charge in [-0.15, -0.1) is 0 Å². The van der Waals surface area contributed by atoms with Gasteiger partial charge in [0.05, 0.1) is 0 Å². The Morgan fingerprint density at radius 2 is 0.895 bits per heavy atom. The molecule has 0 radical (unpaired) electrons. The Morgan fingerprint density at radius 1 is 0.684 bits per heavy atom. The Bertz CT molecular complexity index is 415. The lowest BCUT2D eigenvalue weighted by atomic mass is 11.0. The molecule has 0 bridgehead atoms. The maximum atomic E-state index is 10.2. The maximum Gasteiger partial charge on any atom is 0.340 e. The molecule has 0 aromatic rings. The fraction of sp³-hybridized carbons (Fsp3) is 1.00. The van der Waals surface area contributed by atoms with E-state index in [4.69, 9.17) is 39.1 Å². The molecule has 0 saturated heterocycles. The molecule has 0 saturated carbocycles. The quantitative estimate of drug-likeness (QED) is 0.280. The number of hydrogen-bond donors (Lipinski definition) is 8. The van der Waals surface area contributed by atoms with Crippen molar-refractivity contribution in [3.8, 4) is 0 Å². The van der Waals surface area contributed by atoms with Crippen LogP contribution in [0.5, 0.6) is 0 Å². The van der Waals surface area contributed by atoms with E-state index >= 15 is 0 Å². The highest BCUT2D eigenvalue weighted by atomic mass is 31.2. The Balaban J connectivity index is 0. The summed E-state index contributed by atoms with van der Waals surface area (Å²) in [5.41, 5.74) is 0. The van der Waals surface area contributed by atoms with Crippen molar-refractivity contribution in [2.45, 2.75) is 12.3 Å². The predicted octanol–water partition coefficient (Wildman–Crippen LogP) is -1.01. The average Bonchev–Trinajstić information content (AvgIpc) is 1.92. The van der Waals surface area contributed by atoms with Gasteiger partial charge in [0.2, 0.25) is 0 Å². The van der Waals surface area contributed by atoms with E-state index in [0.717, 1.165) is 6.92 Å². The van der Waals surface area contributed by atoms with E-state index in [1.165, 1.54) is 0 Å². The van der Waals surface area contributed by atoms with Gasteiger partial charge < -0.3 is 39.1 Å². The first-order chi connectivity index (χ1) is 7.86. The first kappa shape index (κ1) is 21.9. The summed E-state index contributed by atoms with van der Waals surface area (Å²) in [4.78, 5) is 64.9. The first-order valence-corrected chi connectivity index (χ1v) is 11.0. The summed E-state index contributed by atoms with van der Waals surface area (Å²) in [5, 5.41) is -1.90. The fourth-order valence-corrected chi connectivity index (χ4v) is 3.92. The van der Waals surface area contributed by atoms with Crippen LogP contribution in [0, 0.1) is 0 Å². The summed E-state index contributed by atoms with van der Waals surface area (Å²) in [6, 6.07) is 0. The van der Waals surface area contributed by atoms with Gasteiger partial charge >= 0.3 is 30.4 Å². The van der Waals surface area contributed by atoms with Gasteiger partial charge in [-0.2, -0.15) is 0 Å². The SMILES string of the molecule is CC(P(=O)(O)O)P(=O)(O)O.O=P(O)(O)CP(=O)(O)O. The maximum absolute atomic E-state index is 10.2. The van der Waals surface area contributed by atoms with Crippen molar-refractivity contribution in [3.63, 3.8) is 0 Å². The molecule has 0 amide bonds. The second-order valence-corrected chi connectivity index (χ2v) is 11.4. The largest absolute Gasteiger partial charge is 0.340 e. The molecule has 0 rings (SSSR count). The minimum absolute atomic E-state index is 0.807. The van der Waals surface area contributed by atoms with Gasteiger partial charge in [-0.3, -0.25) is 18.3 Å². The molecule has 8 N–H and O–H groups in total. The molecule has 0 fully saturated rings. The lowest BCUT2D eigenvalue weighted by Gasteiger charge is -2.13. The van der Waals surface area contributed by atoms with Crippen LogP contribution in [0.4, 0.5) is 0 Å². The summed E-state index contributed by atoms with van der Waals surface area (Å²) in [6.07, 6.45) is 0. The summed E-state index contributed by atoms with van der Waals surface area (Å²) in [6.45, 7) is 0.807. The van der Waals surface area contributed by atoms with Crippen molar-refractivity contribution < 1.29 is 57.4 Å². The molecule has 12 nitrogen and oxygen atoms in total. The van der Waals surface area contributed by atoms with Crippen molar-refractivity contribution in [2.24, 2.45) is 0 Å². The summed E-state index contributed by atoms with van der Waals surface area (Å²) in [5.74, 6) is -1.38. The third-order valence-electron chi connectivity index (χ3n) is 1.34. The molecule has 0 atom stereocenters. The molecule has 16 heteroatoms. The van der Waals surface area contributed by atoms with Crippen molar-refractivity contribution in [3.05, 3.63) is 0 Å². The van der Waals surface area contributed by atoms with Crippen LogP contribution < -0.4 is 0 Å². The second-order valence-electron chi connectivity index (χ2n) is 3.28.